The van der Waals surface area contributed by atoms with Crippen molar-refractivity contribution < 1.29 is 14.1 Å². The number of hydrogen-bond acceptors (Lipinski definition) is 3. The van der Waals surface area contributed by atoms with Gasteiger partial charge in [0.2, 0.25) is 5.69 Å². The molecule has 0 saturated carbocycles. The predicted molar refractivity (Wildman–Crippen MR) is 120 cm³/mol. The lowest BCUT2D eigenvalue weighted by atomic mass is 9.81. The molecule has 0 unspecified atom stereocenters. The second-order valence-corrected chi connectivity index (χ2v) is 7.93. The molecule has 1 aliphatic heterocycles. The number of anilines is 1. The number of nitrogens with zero attached hydrogens (tertiary/aromatic N) is 2. The van der Waals surface area contributed by atoms with Crippen molar-refractivity contribution in [2.24, 2.45) is 0 Å². The Kier molecular flexibility index (Phi) is 6.21. The molecule has 0 aliphatic carbocycles. The summed E-state index contributed by atoms with van der Waals surface area (Å²) < 4.78 is 7.36. The molecule has 1 aliphatic rings. The summed E-state index contributed by atoms with van der Waals surface area (Å²) in [6, 6.07) is 17.1. The molecule has 152 valence electrons. The summed E-state index contributed by atoms with van der Waals surface area (Å²) in [6.45, 7) is 10.1. The number of benzene rings is 2. The fourth-order valence-corrected chi connectivity index (χ4v) is 4.04. The first-order chi connectivity index (χ1) is 13.8. The minimum atomic E-state index is -0.235. The normalized spacial score (nSPS) is 14.9. The van der Waals surface area contributed by atoms with Gasteiger partial charge in [0.15, 0.2) is 5.71 Å². The van der Waals surface area contributed by atoms with E-state index >= 15 is 0 Å². The molecule has 0 N–H and O–H groups in total. The second-order valence-electron chi connectivity index (χ2n) is 7.93. The van der Waals surface area contributed by atoms with Gasteiger partial charge >= 0.3 is 5.97 Å². The van der Waals surface area contributed by atoms with Crippen molar-refractivity contribution >= 4 is 29.1 Å². The van der Waals surface area contributed by atoms with Gasteiger partial charge in [0.05, 0.1) is 12.0 Å². The van der Waals surface area contributed by atoms with E-state index in [9.17, 15) is 4.79 Å². The lowest BCUT2D eigenvalue weighted by Gasteiger charge is -2.22. The zero-order chi connectivity index (χ0) is 21.0. The molecule has 0 amide bonds. The van der Waals surface area contributed by atoms with Crippen molar-refractivity contribution in [3.05, 3.63) is 65.7 Å². The summed E-state index contributed by atoms with van der Waals surface area (Å²) in [5.41, 5.74) is 6.21. The van der Waals surface area contributed by atoms with Gasteiger partial charge in [0.25, 0.3) is 0 Å². The summed E-state index contributed by atoms with van der Waals surface area (Å²) in [6.07, 6.45) is 4.41. The minimum absolute atomic E-state index is 0.0164. The molecule has 0 spiro atoms. The number of para-hydroxylation sites is 1. The summed E-state index contributed by atoms with van der Waals surface area (Å²) in [5.74, 6) is -0.235. The maximum atomic E-state index is 11.0. The standard InChI is InChI=1S/C25H31N2O2/c1-6-27(17-18-29-19(2)28)21-14-11-20(12-15-21)13-16-24-25(3,4)22-9-7-8-10-23(22)26(24)5/h7-16H,6,17-18H2,1-5H3/q+1. The highest BCUT2D eigenvalue weighted by Gasteiger charge is 2.42. The second kappa shape index (κ2) is 8.64. The van der Waals surface area contributed by atoms with Crippen LogP contribution in [0.25, 0.3) is 6.08 Å². The summed E-state index contributed by atoms with van der Waals surface area (Å²) >= 11 is 0. The number of hydrogen-bond donors (Lipinski definition) is 0. The Morgan fingerprint density at radius 1 is 1.10 bits per heavy atom. The molecule has 29 heavy (non-hydrogen) atoms. The number of carbonyl (C=O) groups is 1. The molecular formula is C25H31N2O2+. The Hall–Kier alpha value is -2.88. The monoisotopic (exact) mass is 391 g/mol. The summed E-state index contributed by atoms with van der Waals surface area (Å²) in [4.78, 5) is 13.2. The highest BCUT2D eigenvalue weighted by molar-refractivity contribution is 6.05. The van der Waals surface area contributed by atoms with E-state index < -0.39 is 0 Å². The van der Waals surface area contributed by atoms with E-state index in [1.54, 1.807) is 0 Å². The predicted octanol–water partition coefficient (Wildman–Crippen LogP) is 4.80. The molecule has 4 heteroatoms. The maximum absolute atomic E-state index is 11.0. The molecule has 1 heterocycles. The van der Waals surface area contributed by atoms with Crippen LogP contribution in [0.3, 0.4) is 0 Å². The summed E-state index contributed by atoms with van der Waals surface area (Å²) in [7, 11) is 2.14. The summed E-state index contributed by atoms with van der Waals surface area (Å²) in [5, 5.41) is 0. The van der Waals surface area contributed by atoms with Crippen molar-refractivity contribution in [2.75, 3.05) is 31.6 Å². The van der Waals surface area contributed by atoms with Crippen molar-refractivity contribution in [2.45, 2.75) is 33.1 Å². The van der Waals surface area contributed by atoms with Crippen molar-refractivity contribution in [3.63, 3.8) is 0 Å². The molecule has 0 aromatic heterocycles. The average molecular weight is 392 g/mol. The molecule has 3 rings (SSSR count). The van der Waals surface area contributed by atoms with Gasteiger partial charge in [0, 0.05) is 36.9 Å². The first kappa shape index (κ1) is 20.8. The Morgan fingerprint density at radius 3 is 2.41 bits per heavy atom. The topological polar surface area (TPSA) is 32.5 Å². The fraction of sp³-hybridized carbons (Fsp3) is 0.360. The third-order valence-corrected chi connectivity index (χ3v) is 5.68. The van der Waals surface area contributed by atoms with Crippen LogP contribution in [0.5, 0.6) is 0 Å². The van der Waals surface area contributed by atoms with E-state index in [0.717, 1.165) is 17.8 Å². The number of likely N-dealkylation sites (N-methyl/N-ethyl adjacent to an activating group) is 1. The Balaban J connectivity index is 1.74. The van der Waals surface area contributed by atoms with Crippen LogP contribution in [0, 0.1) is 0 Å². The van der Waals surface area contributed by atoms with Crippen molar-refractivity contribution in [1.29, 1.82) is 0 Å². The quantitative estimate of drug-likeness (QED) is 0.502. The molecule has 0 fully saturated rings. The van der Waals surface area contributed by atoms with Crippen molar-refractivity contribution in [1.82, 2.24) is 0 Å². The van der Waals surface area contributed by atoms with E-state index in [0.29, 0.717) is 13.2 Å². The Bertz CT molecular complexity index is 940. The Labute approximate surface area is 174 Å². The third-order valence-electron chi connectivity index (χ3n) is 5.68. The molecule has 0 bridgehead atoms. The van der Waals surface area contributed by atoms with Crippen LogP contribution in [0.15, 0.2) is 54.6 Å². The molecule has 0 saturated heterocycles. The highest BCUT2D eigenvalue weighted by atomic mass is 16.5. The number of esters is 1. The van der Waals surface area contributed by atoms with Gasteiger partial charge in [-0.2, -0.15) is 4.58 Å². The van der Waals surface area contributed by atoms with Crippen LogP contribution < -0.4 is 4.90 Å². The maximum Gasteiger partial charge on any atom is 0.302 e. The molecule has 2 aromatic carbocycles. The van der Waals surface area contributed by atoms with E-state index in [-0.39, 0.29) is 11.4 Å². The van der Waals surface area contributed by atoms with Crippen molar-refractivity contribution in [3.8, 4) is 0 Å². The average Bonchev–Trinajstić information content (AvgIpc) is 2.90. The largest absolute Gasteiger partial charge is 0.464 e. The van der Waals surface area contributed by atoms with E-state index in [1.165, 1.54) is 23.9 Å². The van der Waals surface area contributed by atoms with E-state index in [2.05, 4.69) is 98.0 Å². The number of ether oxygens (including phenoxy) is 1. The Morgan fingerprint density at radius 2 is 1.79 bits per heavy atom. The van der Waals surface area contributed by atoms with Gasteiger partial charge in [-0.3, -0.25) is 4.79 Å². The molecule has 0 radical (unpaired) electrons. The molecular weight excluding hydrogens is 360 g/mol. The molecule has 2 aromatic rings. The van der Waals surface area contributed by atoms with Crippen LogP contribution >= 0.6 is 0 Å². The van der Waals surface area contributed by atoms with Gasteiger partial charge < -0.3 is 9.64 Å². The van der Waals surface area contributed by atoms with Gasteiger partial charge in [-0.1, -0.05) is 30.3 Å². The van der Waals surface area contributed by atoms with Crippen LogP contribution in [0.1, 0.15) is 38.8 Å². The van der Waals surface area contributed by atoms with Crippen LogP contribution in [-0.2, 0) is 14.9 Å². The van der Waals surface area contributed by atoms with E-state index in [4.69, 9.17) is 4.74 Å². The lowest BCUT2D eigenvalue weighted by Crippen LogP contribution is -2.27. The fourth-order valence-electron chi connectivity index (χ4n) is 4.04. The zero-order valence-corrected chi connectivity index (χ0v) is 18.1. The van der Waals surface area contributed by atoms with E-state index in [1.807, 2.05) is 0 Å². The van der Waals surface area contributed by atoms with Crippen LogP contribution in [-0.4, -0.2) is 43.0 Å². The van der Waals surface area contributed by atoms with Gasteiger partial charge in [0.1, 0.15) is 13.7 Å². The molecule has 0 atom stereocenters. The molecule has 4 nitrogen and oxygen atoms in total. The van der Waals surface area contributed by atoms with Crippen LogP contribution in [0.2, 0.25) is 0 Å². The third kappa shape index (κ3) is 4.42. The number of carbonyl (C=O) groups excluding carboxylic acids is 1. The highest BCUT2D eigenvalue weighted by Crippen LogP contribution is 2.39. The SMILES string of the molecule is CCN(CCOC(C)=O)c1ccc(C=CC2=[N+](C)c3ccccc3C2(C)C)cc1. The lowest BCUT2D eigenvalue weighted by molar-refractivity contribution is -0.401. The first-order valence-electron chi connectivity index (χ1n) is 10.2. The van der Waals surface area contributed by atoms with Gasteiger partial charge in [-0.15, -0.1) is 0 Å². The van der Waals surface area contributed by atoms with Gasteiger partial charge in [-0.05, 0) is 44.5 Å². The smallest absolute Gasteiger partial charge is 0.302 e. The number of fused-ring (bicyclic) bond motifs is 1. The van der Waals surface area contributed by atoms with Crippen LogP contribution in [0.4, 0.5) is 11.4 Å². The zero-order valence-electron chi connectivity index (χ0n) is 18.1. The minimum Gasteiger partial charge on any atom is -0.464 e. The number of allylic oxidation sites excluding steroid dienone is 1. The number of rotatable bonds is 7. The first-order valence-corrected chi connectivity index (χ1v) is 10.2. The van der Waals surface area contributed by atoms with Gasteiger partial charge in [-0.25, -0.2) is 0 Å².